The summed E-state index contributed by atoms with van der Waals surface area (Å²) in [5, 5.41) is 3.37. The Morgan fingerprint density at radius 1 is 1.36 bits per heavy atom. The molecule has 0 radical (unpaired) electrons. The molecule has 1 N–H and O–H groups in total. The quantitative estimate of drug-likeness (QED) is 0.455. The first kappa shape index (κ1) is 13.7. The third-order valence-corrected chi connectivity index (χ3v) is 2.07. The number of unbranched alkanes of at least 4 members (excludes halogenated alkanes) is 1. The fraction of sp³-hybridized carbons (Fsp3) is 0.833. The monoisotopic (exact) mass is 199 g/mol. The molecule has 0 atom stereocenters. The molecule has 14 heavy (non-hydrogen) atoms. The lowest BCUT2D eigenvalue weighted by atomic mass is 10.2. The number of hydrogen-bond acceptors (Lipinski definition) is 2. The van der Waals surface area contributed by atoms with Crippen LogP contribution in [0.4, 0.5) is 0 Å². The van der Waals surface area contributed by atoms with Crippen LogP contribution >= 0.6 is 0 Å². The van der Waals surface area contributed by atoms with Gasteiger partial charge in [0.05, 0.1) is 6.10 Å². The molecule has 0 aromatic heterocycles. The molecule has 2 heteroatoms. The van der Waals surface area contributed by atoms with Gasteiger partial charge in [0.1, 0.15) is 0 Å². The van der Waals surface area contributed by atoms with E-state index in [0.717, 1.165) is 32.5 Å². The molecule has 0 heterocycles. The molecule has 0 aliphatic rings. The molecule has 0 saturated carbocycles. The van der Waals surface area contributed by atoms with Gasteiger partial charge in [-0.1, -0.05) is 19.1 Å². The first-order valence-electron chi connectivity index (χ1n) is 5.65. The van der Waals surface area contributed by atoms with E-state index in [1.165, 1.54) is 12.0 Å². The predicted molar refractivity (Wildman–Crippen MR) is 62.6 cm³/mol. The summed E-state index contributed by atoms with van der Waals surface area (Å²) >= 11 is 0. The lowest BCUT2D eigenvalue weighted by molar-refractivity contribution is 0.0761. The minimum absolute atomic E-state index is 0.364. The Labute approximate surface area is 88.7 Å². The SMILES string of the molecule is C=C(CC)CNCCCCOC(C)C. The highest BCUT2D eigenvalue weighted by Crippen LogP contribution is 1.95. The van der Waals surface area contributed by atoms with Crippen LogP contribution in [0, 0.1) is 0 Å². The normalized spacial score (nSPS) is 10.9. The fourth-order valence-corrected chi connectivity index (χ4v) is 1.06. The molecule has 2 nitrogen and oxygen atoms in total. The number of nitrogens with one attached hydrogen (secondary N) is 1. The van der Waals surface area contributed by atoms with E-state index in [9.17, 15) is 0 Å². The van der Waals surface area contributed by atoms with Gasteiger partial charge in [-0.2, -0.15) is 0 Å². The Morgan fingerprint density at radius 3 is 2.64 bits per heavy atom. The standard InChI is InChI=1S/C12H25NO/c1-5-12(4)10-13-8-6-7-9-14-11(2)3/h11,13H,4-10H2,1-3H3. The molecule has 0 rings (SSSR count). The molecule has 0 fully saturated rings. The summed E-state index contributed by atoms with van der Waals surface area (Å²) in [5.41, 5.74) is 1.28. The Bertz CT molecular complexity index is 143. The molecular formula is C12H25NO. The van der Waals surface area contributed by atoms with Crippen LogP contribution in [-0.4, -0.2) is 25.8 Å². The van der Waals surface area contributed by atoms with Crippen molar-refractivity contribution in [1.82, 2.24) is 5.32 Å². The summed E-state index contributed by atoms with van der Waals surface area (Å²) in [7, 11) is 0. The third-order valence-electron chi connectivity index (χ3n) is 2.07. The van der Waals surface area contributed by atoms with Gasteiger partial charge < -0.3 is 10.1 Å². The zero-order chi connectivity index (χ0) is 10.8. The molecule has 0 aromatic carbocycles. The Kier molecular flexibility index (Phi) is 9.00. The van der Waals surface area contributed by atoms with Gasteiger partial charge in [0.15, 0.2) is 0 Å². The first-order valence-corrected chi connectivity index (χ1v) is 5.65. The van der Waals surface area contributed by atoms with Crippen molar-refractivity contribution >= 4 is 0 Å². The molecule has 0 unspecified atom stereocenters. The zero-order valence-corrected chi connectivity index (χ0v) is 9.94. The van der Waals surface area contributed by atoms with E-state index < -0.39 is 0 Å². The van der Waals surface area contributed by atoms with E-state index in [1.807, 2.05) is 0 Å². The van der Waals surface area contributed by atoms with Crippen molar-refractivity contribution in [2.24, 2.45) is 0 Å². The van der Waals surface area contributed by atoms with Gasteiger partial charge in [0.25, 0.3) is 0 Å². The number of ether oxygens (including phenoxy) is 1. The van der Waals surface area contributed by atoms with Gasteiger partial charge in [-0.15, -0.1) is 0 Å². The summed E-state index contributed by atoms with van der Waals surface area (Å²) in [4.78, 5) is 0. The second-order valence-corrected chi connectivity index (χ2v) is 3.91. The van der Waals surface area contributed by atoms with Gasteiger partial charge in [-0.05, 0) is 39.7 Å². The topological polar surface area (TPSA) is 21.3 Å². The summed E-state index contributed by atoms with van der Waals surface area (Å²) in [6.07, 6.45) is 3.76. The van der Waals surface area contributed by atoms with Crippen LogP contribution in [-0.2, 0) is 4.74 Å². The molecule has 0 bridgehead atoms. The van der Waals surface area contributed by atoms with Gasteiger partial charge in [-0.3, -0.25) is 0 Å². The fourth-order valence-electron chi connectivity index (χ4n) is 1.06. The lowest BCUT2D eigenvalue weighted by Crippen LogP contribution is -2.18. The van der Waals surface area contributed by atoms with Crippen molar-refractivity contribution in [2.45, 2.75) is 46.1 Å². The van der Waals surface area contributed by atoms with E-state index in [2.05, 4.69) is 32.7 Å². The zero-order valence-electron chi connectivity index (χ0n) is 9.94. The minimum atomic E-state index is 0.364. The van der Waals surface area contributed by atoms with Gasteiger partial charge in [0, 0.05) is 13.2 Å². The van der Waals surface area contributed by atoms with E-state index in [4.69, 9.17) is 4.74 Å². The maximum Gasteiger partial charge on any atom is 0.0518 e. The van der Waals surface area contributed by atoms with Crippen molar-refractivity contribution in [2.75, 3.05) is 19.7 Å². The van der Waals surface area contributed by atoms with Crippen LogP contribution in [0.15, 0.2) is 12.2 Å². The van der Waals surface area contributed by atoms with Crippen molar-refractivity contribution in [3.63, 3.8) is 0 Å². The summed E-state index contributed by atoms with van der Waals surface area (Å²) in [6, 6.07) is 0. The summed E-state index contributed by atoms with van der Waals surface area (Å²) in [5.74, 6) is 0. The first-order chi connectivity index (χ1) is 6.66. The van der Waals surface area contributed by atoms with Gasteiger partial charge in [-0.25, -0.2) is 0 Å². The second kappa shape index (κ2) is 9.22. The van der Waals surface area contributed by atoms with Crippen molar-refractivity contribution in [3.05, 3.63) is 12.2 Å². The van der Waals surface area contributed by atoms with E-state index in [1.54, 1.807) is 0 Å². The van der Waals surface area contributed by atoms with Crippen molar-refractivity contribution < 1.29 is 4.74 Å². The minimum Gasteiger partial charge on any atom is -0.379 e. The molecule has 0 aliphatic carbocycles. The van der Waals surface area contributed by atoms with Crippen LogP contribution in [0.25, 0.3) is 0 Å². The second-order valence-electron chi connectivity index (χ2n) is 3.91. The molecular weight excluding hydrogens is 174 g/mol. The maximum absolute atomic E-state index is 5.45. The molecule has 0 spiro atoms. The van der Waals surface area contributed by atoms with Crippen molar-refractivity contribution in [3.8, 4) is 0 Å². The average Bonchev–Trinajstić information content (AvgIpc) is 2.15. The van der Waals surface area contributed by atoms with E-state index in [-0.39, 0.29) is 0 Å². The van der Waals surface area contributed by atoms with Crippen LogP contribution in [0.3, 0.4) is 0 Å². The smallest absolute Gasteiger partial charge is 0.0518 e. The molecule has 84 valence electrons. The highest BCUT2D eigenvalue weighted by atomic mass is 16.5. The third kappa shape index (κ3) is 9.75. The highest BCUT2D eigenvalue weighted by Gasteiger charge is 1.93. The van der Waals surface area contributed by atoms with E-state index >= 15 is 0 Å². The molecule has 0 aromatic rings. The van der Waals surface area contributed by atoms with Crippen LogP contribution < -0.4 is 5.32 Å². The maximum atomic E-state index is 5.45. The van der Waals surface area contributed by atoms with Crippen LogP contribution in [0.5, 0.6) is 0 Å². The van der Waals surface area contributed by atoms with Gasteiger partial charge >= 0.3 is 0 Å². The van der Waals surface area contributed by atoms with Crippen LogP contribution in [0.2, 0.25) is 0 Å². The molecule has 0 aliphatic heterocycles. The van der Waals surface area contributed by atoms with Crippen LogP contribution in [0.1, 0.15) is 40.0 Å². The Balaban J connectivity index is 3.03. The Hall–Kier alpha value is -0.340. The number of rotatable bonds is 9. The van der Waals surface area contributed by atoms with Crippen molar-refractivity contribution in [1.29, 1.82) is 0 Å². The summed E-state index contributed by atoms with van der Waals surface area (Å²) in [6.45, 7) is 13.1. The lowest BCUT2D eigenvalue weighted by Gasteiger charge is -2.08. The van der Waals surface area contributed by atoms with Gasteiger partial charge in [0.2, 0.25) is 0 Å². The molecule has 0 saturated heterocycles. The van der Waals surface area contributed by atoms with E-state index in [0.29, 0.717) is 6.10 Å². The predicted octanol–water partition coefficient (Wildman–Crippen LogP) is 2.75. The number of hydrogen-bond donors (Lipinski definition) is 1. The molecule has 0 amide bonds. The highest BCUT2D eigenvalue weighted by molar-refractivity contribution is 4.94. The summed E-state index contributed by atoms with van der Waals surface area (Å²) < 4.78 is 5.45. The largest absolute Gasteiger partial charge is 0.379 e. The Morgan fingerprint density at radius 2 is 2.07 bits per heavy atom. The average molecular weight is 199 g/mol.